The maximum absolute atomic E-state index is 12.2. The van der Waals surface area contributed by atoms with Gasteiger partial charge >= 0.3 is 0 Å². The van der Waals surface area contributed by atoms with Gasteiger partial charge in [0.2, 0.25) is 0 Å². The average Bonchev–Trinajstić information content (AvgIpc) is 2.61. The van der Waals surface area contributed by atoms with Crippen LogP contribution in [-0.2, 0) is 4.79 Å². The van der Waals surface area contributed by atoms with Crippen LogP contribution in [0, 0.1) is 19.8 Å². The minimum atomic E-state index is -0.281. The lowest BCUT2D eigenvalue weighted by Gasteiger charge is -2.15. The molecule has 0 aliphatic carbocycles. The Morgan fingerprint density at radius 1 is 1.28 bits per heavy atom. The first kappa shape index (κ1) is 12.8. The van der Waals surface area contributed by atoms with Gasteiger partial charge in [0.05, 0.1) is 11.6 Å². The lowest BCUT2D eigenvalue weighted by atomic mass is 10.0. The summed E-state index contributed by atoms with van der Waals surface area (Å²) < 4.78 is 0. The van der Waals surface area contributed by atoms with E-state index in [9.17, 15) is 4.79 Å². The van der Waals surface area contributed by atoms with Crippen LogP contribution in [-0.4, -0.2) is 23.3 Å². The van der Waals surface area contributed by atoms with Gasteiger partial charge in [-0.2, -0.15) is 5.10 Å². The van der Waals surface area contributed by atoms with Crippen LogP contribution in [0.25, 0.3) is 0 Å². The lowest BCUT2D eigenvalue weighted by molar-refractivity contribution is -0.120. The molecular weight excluding hydrogens is 228 g/mol. The summed E-state index contributed by atoms with van der Waals surface area (Å²) in [6.07, 6.45) is 0.440. The molecule has 0 aromatic heterocycles. The zero-order valence-corrected chi connectivity index (χ0v) is 11.0. The zero-order chi connectivity index (χ0) is 13.3. The second-order valence-electron chi connectivity index (χ2n) is 4.72. The quantitative estimate of drug-likeness (QED) is 0.887. The summed E-state index contributed by atoms with van der Waals surface area (Å²) in [5, 5.41) is 14.7. The highest BCUT2D eigenvalue weighted by Crippen LogP contribution is 2.26. The highest BCUT2D eigenvalue weighted by atomic mass is 16.3. The second-order valence-corrected chi connectivity index (χ2v) is 4.72. The van der Waals surface area contributed by atoms with Crippen molar-refractivity contribution in [3.05, 3.63) is 29.3 Å². The molecule has 4 heteroatoms. The number of hydrogen-bond acceptors (Lipinski definition) is 3. The fraction of sp³-hybridized carbons (Fsp3) is 0.429. The Bertz CT molecular complexity index is 509. The van der Waals surface area contributed by atoms with Crippen molar-refractivity contribution < 1.29 is 9.90 Å². The topological polar surface area (TPSA) is 52.9 Å². The number of carbonyl (C=O) groups excluding carboxylic acids is 1. The van der Waals surface area contributed by atoms with Crippen molar-refractivity contribution in [1.82, 2.24) is 0 Å². The Balaban J connectivity index is 2.30. The molecule has 1 aromatic carbocycles. The Kier molecular flexibility index (Phi) is 3.48. The van der Waals surface area contributed by atoms with Gasteiger partial charge < -0.3 is 5.11 Å². The van der Waals surface area contributed by atoms with Gasteiger partial charge in [0.15, 0.2) is 0 Å². The molecule has 0 saturated heterocycles. The van der Waals surface area contributed by atoms with Crippen molar-refractivity contribution in [3.63, 3.8) is 0 Å². The minimum Gasteiger partial charge on any atom is -0.396 e. The van der Waals surface area contributed by atoms with Crippen molar-refractivity contribution in [2.24, 2.45) is 11.0 Å². The van der Waals surface area contributed by atoms with Gasteiger partial charge in [0.25, 0.3) is 5.91 Å². The number of carbonyl (C=O) groups is 1. The van der Waals surface area contributed by atoms with Gasteiger partial charge in [0, 0.05) is 12.3 Å². The zero-order valence-electron chi connectivity index (χ0n) is 11.0. The van der Waals surface area contributed by atoms with Crippen LogP contribution in [0.1, 0.15) is 24.5 Å². The number of nitrogens with zero attached hydrogens (tertiary/aromatic N) is 2. The van der Waals surface area contributed by atoms with Gasteiger partial charge in [-0.25, -0.2) is 5.01 Å². The molecule has 1 N–H and O–H groups in total. The molecule has 0 radical (unpaired) electrons. The number of anilines is 1. The maximum atomic E-state index is 12.2. The van der Waals surface area contributed by atoms with Gasteiger partial charge in [-0.3, -0.25) is 4.79 Å². The Morgan fingerprint density at radius 3 is 2.61 bits per heavy atom. The van der Waals surface area contributed by atoms with E-state index in [0.717, 1.165) is 17.0 Å². The predicted molar refractivity (Wildman–Crippen MR) is 71.7 cm³/mol. The highest BCUT2D eigenvalue weighted by molar-refractivity contribution is 6.14. The number of hydrazone groups is 1. The van der Waals surface area contributed by atoms with Crippen molar-refractivity contribution in [3.8, 4) is 0 Å². The third kappa shape index (κ3) is 2.16. The normalized spacial score (nSPS) is 19.3. The van der Waals surface area contributed by atoms with Crippen LogP contribution in [0.5, 0.6) is 0 Å². The number of rotatable bonds is 3. The number of aliphatic hydroxyl groups excluding tert-OH is 1. The van der Waals surface area contributed by atoms with Gasteiger partial charge in [-0.15, -0.1) is 0 Å². The van der Waals surface area contributed by atoms with Crippen LogP contribution in [0.4, 0.5) is 5.69 Å². The van der Waals surface area contributed by atoms with Crippen LogP contribution >= 0.6 is 0 Å². The summed E-state index contributed by atoms with van der Waals surface area (Å²) in [5.41, 5.74) is 3.90. The first-order valence-corrected chi connectivity index (χ1v) is 6.11. The number of benzene rings is 1. The molecule has 0 saturated carbocycles. The van der Waals surface area contributed by atoms with Crippen molar-refractivity contribution in [1.29, 1.82) is 0 Å². The van der Waals surface area contributed by atoms with Crippen molar-refractivity contribution in [2.75, 3.05) is 11.6 Å². The molecule has 1 heterocycles. The molecule has 0 fully saturated rings. The van der Waals surface area contributed by atoms with E-state index in [1.54, 1.807) is 0 Å². The van der Waals surface area contributed by atoms with Gasteiger partial charge in [-0.05, 0) is 50.5 Å². The van der Waals surface area contributed by atoms with Crippen LogP contribution < -0.4 is 5.01 Å². The third-order valence-electron chi connectivity index (χ3n) is 3.42. The molecular formula is C14H18N2O2. The molecule has 0 spiro atoms. The SMILES string of the molecule is CC1=NN(c2ccc(C)c(C)c2)C(=O)C1CCO. The molecule has 1 atom stereocenters. The Labute approximate surface area is 107 Å². The third-order valence-corrected chi connectivity index (χ3v) is 3.42. The van der Waals surface area contributed by atoms with Gasteiger partial charge in [-0.1, -0.05) is 6.07 Å². The Morgan fingerprint density at radius 2 is 2.00 bits per heavy atom. The van der Waals surface area contributed by atoms with E-state index in [-0.39, 0.29) is 18.4 Å². The lowest BCUT2D eigenvalue weighted by Crippen LogP contribution is -2.27. The highest BCUT2D eigenvalue weighted by Gasteiger charge is 2.33. The molecule has 96 valence electrons. The molecule has 2 rings (SSSR count). The monoisotopic (exact) mass is 246 g/mol. The van der Waals surface area contributed by atoms with E-state index in [1.165, 1.54) is 10.6 Å². The summed E-state index contributed by atoms with van der Waals surface area (Å²) in [7, 11) is 0. The van der Waals surface area contributed by atoms with Crippen molar-refractivity contribution in [2.45, 2.75) is 27.2 Å². The van der Waals surface area contributed by atoms with Crippen LogP contribution in [0.3, 0.4) is 0 Å². The number of hydrogen-bond donors (Lipinski definition) is 1. The maximum Gasteiger partial charge on any atom is 0.256 e. The smallest absolute Gasteiger partial charge is 0.256 e. The average molecular weight is 246 g/mol. The molecule has 0 bridgehead atoms. The molecule has 1 aromatic rings. The first-order chi connectivity index (χ1) is 8.54. The molecule has 1 unspecified atom stereocenters. The summed E-state index contributed by atoms with van der Waals surface area (Å²) >= 11 is 0. The largest absolute Gasteiger partial charge is 0.396 e. The van der Waals surface area contributed by atoms with E-state index < -0.39 is 0 Å². The first-order valence-electron chi connectivity index (χ1n) is 6.11. The minimum absolute atomic E-state index is 0.00400. The standard InChI is InChI=1S/C14H18N2O2/c1-9-4-5-12(8-10(9)2)16-14(18)13(6-7-17)11(3)15-16/h4-5,8,13,17H,6-7H2,1-3H3. The van der Waals surface area contributed by atoms with Gasteiger partial charge in [0.1, 0.15) is 0 Å². The number of aryl methyl sites for hydroxylation is 2. The predicted octanol–water partition coefficient (Wildman–Crippen LogP) is 2.02. The summed E-state index contributed by atoms with van der Waals surface area (Å²) in [4.78, 5) is 12.2. The molecule has 1 aliphatic heterocycles. The number of amides is 1. The van der Waals surface area contributed by atoms with Crippen LogP contribution in [0.15, 0.2) is 23.3 Å². The van der Waals surface area contributed by atoms with E-state index in [1.807, 2.05) is 39.0 Å². The molecule has 18 heavy (non-hydrogen) atoms. The second kappa shape index (κ2) is 4.90. The molecule has 4 nitrogen and oxygen atoms in total. The van der Waals surface area contributed by atoms with E-state index >= 15 is 0 Å². The number of aliphatic hydroxyl groups is 1. The fourth-order valence-electron chi connectivity index (χ4n) is 2.11. The van der Waals surface area contributed by atoms with Crippen LogP contribution in [0.2, 0.25) is 0 Å². The fourth-order valence-corrected chi connectivity index (χ4v) is 2.11. The summed E-state index contributed by atoms with van der Waals surface area (Å²) in [5.74, 6) is -0.332. The van der Waals surface area contributed by atoms with E-state index in [2.05, 4.69) is 5.10 Å². The Hall–Kier alpha value is -1.68. The van der Waals surface area contributed by atoms with Crippen molar-refractivity contribution >= 4 is 17.3 Å². The molecule has 1 aliphatic rings. The summed E-state index contributed by atoms with van der Waals surface area (Å²) in [6, 6.07) is 5.85. The van der Waals surface area contributed by atoms with E-state index in [0.29, 0.717) is 6.42 Å². The molecule has 1 amide bonds. The van der Waals surface area contributed by atoms with E-state index in [4.69, 9.17) is 5.11 Å². The summed E-state index contributed by atoms with van der Waals surface area (Å²) in [6.45, 7) is 5.89.